The second-order valence-electron chi connectivity index (χ2n) is 4.57. The quantitative estimate of drug-likeness (QED) is 0.864. The molecule has 2 aromatic rings. The molecular formula is C12H17N3O3S2. The fourth-order valence-electron chi connectivity index (χ4n) is 1.84. The van der Waals surface area contributed by atoms with Crippen molar-refractivity contribution in [2.75, 3.05) is 0 Å². The van der Waals surface area contributed by atoms with Crippen LogP contribution in [0.2, 0.25) is 0 Å². The summed E-state index contributed by atoms with van der Waals surface area (Å²) in [6, 6.07) is 1.58. The second-order valence-corrected chi connectivity index (χ2v) is 7.70. The van der Waals surface area contributed by atoms with Crippen LogP contribution in [0.15, 0.2) is 16.5 Å². The van der Waals surface area contributed by atoms with Crippen molar-refractivity contribution in [1.29, 1.82) is 0 Å². The predicted octanol–water partition coefficient (Wildman–Crippen LogP) is 1.07. The molecule has 8 heteroatoms. The molecule has 0 unspecified atom stereocenters. The lowest BCUT2D eigenvalue weighted by atomic mass is 10.3. The van der Waals surface area contributed by atoms with E-state index in [-0.39, 0.29) is 17.4 Å². The number of aliphatic hydroxyl groups is 1. The molecule has 0 saturated carbocycles. The summed E-state index contributed by atoms with van der Waals surface area (Å²) in [5.74, 6) is 0. The molecule has 6 nitrogen and oxygen atoms in total. The van der Waals surface area contributed by atoms with Crippen molar-refractivity contribution in [3.63, 3.8) is 0 Å². The number of rotatable bonds is 5. The van der Waals surface area contributed by atoms with Gasteiger partial charge in [-0.3, -0.25) is 4.68 Å². The van der Waals surface area contributed by atoms with E-state index in [0.29, 0.717) is 4.88 Å². The lowest BCUT2D eigenvalue weighted by molar-refractivity contribution is 0.285. The van der Waals surface area contributed by atoms with Gasteiger partial charge in [-0.05, 0) is 25.5 Å². The number of aromatic nitrogens is 2. The highest BCUT2D eigenvalue weighted by molar-refractivity contribution is 7.91. The Morgan fingerprint density at radius 1 is 1.45 bits per heavy atom. The van der Waals surface area contributed by atoms with Crippen molar-refractivity contribution in [3.05, 3.63) is 34.0 Å². The number of thiophene rings is 1. The van der Waals surface area contributed by atoms with Gasteiger partial charge < -0.3 is 5.11 Å². The van der Waals surface area contributed by atoms with Crippen LogP contribution < -0.4 is 4.72 Å². The first kappa shape index (κ1) is 15.2. The van der Waals surface area contributed by atoms with Crippen LogP contribution in [0.4, 0.5) is 0 Å². The summed E-state index contributed by atoms with van der Waals surface area (Å²) in [5, 5.41) is 13.3. The minimum Gasteiger partial charge on any atom is -0.391 e. The third kappa shape index (κ3) is 3.09. The Morgan fingerprint density at radius 3 is 2.65 bits per heavy atom. The summed E-state index contributed by atoms with van der Waals surface area (Å²) in [7, 11) is -1.76. The Balaban J connectivity index is 2.16. The van der Waals surface area contributed by atoms with Crippen molar-refractivity contribution < 1.29 is 13.5 Å². The van der Waals surface area contributed by atoms with Gasteiger partial charge in [0.1, 0.15) is 4.21 Å². The maximum Gasteiger partial charge on any atom is 0.250 e. The highest BCUT2D eigenvalue weighted by atomic mass is 32.2. The summed E-state index contributed by atoms with van der Waals surface area (Å²) in [4.78, 5) is 0.669. The number of nitrogens with zero attached hydrogens (tertiary/aromatic N) is 2. The first-order chi connectivity index (χ1) is 9.33. The highest BCUT2D eigenvalue weighted by Gasteiger charge is 2.19. The van der Waals surface area contributed by atoms with Gasteiger partial charge in [0.05, 0.1) is 12.3 Å². The molecule has 0 saturated heterocycles. The molecule has 2 aromatic heterocycles. The number of hydrogen-bond donors (Lipinski definition) is 2. The van der Waals surface area contributed by atoms with Crippen LogP contribution in [0.25, 0.3) is 0 Å². The predicted molar refractivity (Wildman–Crippen MR) is 76.9 cm³/mol. The molecule has 2 heterocycles. The molecule has 0 fully saturated rings. The Labute approximate surface area is 122 Å². The molecule has 0 spiro atoms. The topological polar surface area (TPSA) is 84.2 Å². The van der Waals surface area contributed by atoms with Gasteiger partial charge in [0, 0.05) is 30.2 Å². The molecule has 0 atom stereocenters. The third-order valence-electron chi connectivity index (χ3n) is 2.97. The zero-order valence-electron chi connectivity index (χ0n) is 11.5. The molecule has 2 rings (SSSR count). The Bertz CT molecular complexity index is 716. The minimum atomic E-state index is -3.56. The molecule has 20 heavy (non-hydrogen) atoms. The summed E-state index contributed by atoms with van der Waals surface area (Å²) in [6.45, 7) is 3.68. The van der Waals surface area contributed by atoms with Crippen LogP contribution in [0.1, 0.15) is 21.7 Å². The lowest BCUT2D eigenvalue weighted by Crippen LogP contribution is -2.22. The highest BCUT2D eigenvalue weighted by Crippen LogP contribution is 2.26. The standard InChI is InChI=1S/C12H17N3O3S2/c1-8-4-12(19-11(8)7-16)20(17,18)13-5-10-6-15(3)14-9(10)2/h4,6,13,16H,5,7H2,1-3H3. The molecule has 0 aromatic carbocycles. The molecule has 0 aliphatic rings. The van der Waals surface area contributed by atoms with E-state index >= 15 is 0 Å². The SMILES string of the molecule is Cc1cc(S(=O)(=O)NCc2cn(C)nc2C)sc1CO. The second kappa shape index (κ2) is 5.65. The molecule has 0 amide bonds. The van der Waals surface area contributed by atoms with Crippen LogP contribution in [0.3, 0.4) is 0 Å². The number of nitrogens with one attached hydrogen (secondary N) is 1. The number of sulfonamides is 1. The van der Waals surface area contributed by atoms with Gasteiger partial charge >= 0.3 is 0 Å². The lowest BCUT2D eigenvalue weighted by Gasteiger charge is -2.03. The molecule has 110 valence electrons. The van der Waals surface area contributed by atoms with E-state index in [2.05, 4.69) is 9.82 Å². The van der Waals surface area contributed by atoms with Crippen molar-refractivity contribution >= 4 is 21.4 Å². The average molecular weight is 315 g/mol. The van der Waals surface area contributed by atoms with Crippen LogP contribution >= 0.6 is 11.3 Å². The molecule has 0 radical (unpaired) electrons. The van der Waals surface area contributed by atoms with Crippen LogP contribution in [-0.2, 0) is 30.2 Å². The average Bonchev–Trinajstić information content (AvgIpc) is 2.90. The summed E-state index contributed by atoms with van der Waals surface area (Å²) >= 11 is 1.09. The fourth-order valence-corrected chi connectivity index (χ4v) is 4.34. The fraction of sp³-hybridized carbons (Fsp3) is 0.417. The van der Waals surface area contributed by atoms with Gasteiger partial charge in [0.15, 0.2) is 0 Å². The first-order valence-corrected chi connectivity index (χ1v) is 8.32. The van der Waals surface area contributed by atoms with Gasteiger partial charge in [-0.25, -0.2) is 13.1 Å². The van der Waals surface area contributed by atoms with Crippen molar-refractivity contribution in [2.45, 2.75) is 31.2 Å². The molecular weight excluding hydrogens is 298 g/mol. The van der Waals surface area contributed by atoms with Crippen LogP contribution in [0, 0.1) is 13.8 Å². The van der Waals surface area contributed by atoms with Gasteiger partial charge in [-0.1, -0.05) is 0 Å². The normalized spacial score (nSPS) is 12.0. The Morgan fingerprint density at radius 2 is 2.15 bits per heavy atom. The number of hydrogen-bond acceptors (Lipinski definition) is 5. The van der Waals surface area contributed by atoms with Gasteiger partial charge in [0.2, 0.25) is 10.0 Å². The number of aliphatic hydroxyl groups excluding tert-OH is 1. The van der Waals surface area contributed by atoms with E-state index in [0.717, 1.165) is 28.2 Å². The van der Waals surface area contributed by atoms with Crippen molar-refractivity contribution in [2.24, 2.45) is 7.05 Å². The van der Waals surface area contributed by atoms with Gasteiger partial charge in [0.25, 0.3) is 0 Å². The van der Waals surface area contributed by atoms with Crippen LogP contribution in [0.5, 0.6) is 0 Å². The van der Waals surface area contributed by atoms with E-state index in [1.54, 1.807) is 30.9 Å². The first-order valence-electron chi connectivity index (χ1n) is 6.02. The Hall–Kier alpha value is -1.22. The summed E-state index contributed by atoms with van der Waals surface area (Å²) in [6.07, 6.45) is 1.79. The van der Waals surface area contributed by atoms with E-state index < -0.39 is 10.0 Å². The van der Waals surface area contributed by atoms with Crippen molar-refractivity contribution in [3.8, 4) is 0 Å². The molecule has 0 aliphatic heterocycles. The maximum atomic E-state index is 12.2. The zero-order valence-corrected chi connectivity index (χ0v) is 13.2. The minimum absolute atomic E-state index is 0.145. The van der Waals surface area contributed by atoms with E-state index in [1.807, 2.05) is 6.92 Å². The van der Waals surface area contributed by atoms with E-state index in [4.69, 9.17) is 5.11 Å². The van der Waals surface area contributed by atoms with Gasteiger partial charge in [-0.2, -0.15) is 5.10 Å². The summed E-state index contributed by atoms with van der Waals surface area (Å²) in [5.41, 5.74) is 2.43. The number of aryl methyl sites for hydroxylation is 3. The third-order valence-corrected chi connectivity index (χ3v) is 6.07. The van der Waals surface area contributed by atoms with E-state index in [1.165, 1.54) is 0 Å². The molecule has 0 aliphatic carbocycles. The van der Waals surface area contributed by atoms with Crippen molar-refractivity contribution in [1.82, 2.24) is 14.5 Å². The largest absolute Gasteiger partial charge is 0.391 e. The maximum absolute atomic E-state index is 12.2. The smallest absolute Gasteiger partial charge is 0.250 e. The molecule has 0 bridgehead atoms. The Kier molecular flexibility index (Phi) is 4.28. The van der Waals surface area contributed by atoms with Gasteiger partial charge in [-0.15, -0.1) is 11.3 Å². The monoisotopic (exact) mass is 315 g/mol. The zero-order chi connectivity index (χ0) is 14.9. The molecule has 2 N–H and O–H groups in total. The summed E-state index contributed by atoms with van der Waals surface area (Å²) < 4.78 is 28.8. The van der Waals surface area contributed by atoms with Crippen LogP contribution in [-0.4, -0.2) is 23.3 Å². The van der Waals surface area contributed by atoms with E-state index in [9.17, 15) is 8.42 Å².